The molecule has 2 aromatic carbocycles. The molecule has 8 heteroatoms. The van der Waals surface area contributed by atoms with Crippen molar-refractivity contribution in [2.24, 2.45) is 5.92 Å². The number of benzene rings is 2. The van der Waals surface area contributed by atoms with Gasteiger partial charge < -0.3 is 25.0 Å². The third-order valence-corrected chi connectivity index (χ3v) is 6.19. The molecule has 34 heavy (non-hydrogen) atoms. The minimum absolute atomic E-state index is 0.0772. The van der Waals surface area contributed by atoms with Gasteiger partial charge in [-0.2, -0.15) is 0 Å². The van der Waals surface area contributed by atoms with Crippen molar-refractivity contribution in [2.45, 2.75) is 38.7 Å². The van der Waals surface area contributed by atoms with E-state index in [4.69, 9.17) is 9.47 Å². The number of hydrogen-bond acceptors (Lipinski definition) is 5. The van der Waals surface area contributed by atoms with E-state index in [1.54, 1.807) is 29.2 Å². The van der Waals surface area contributed by atoms with E-state index < -0.39 is 0 Å². The van der Waals surface area contributed by atoms with Crippen LogP contribution >= 0.6 is 0 Å². The molecule has 0 radical (unpaired) electrons. The van der Waals surface area contributed by atoms with Crippen LogP contribution < -0.4 is 20.3 Å². The van der Waals surface area contributed by atoms with E-state index in [1.165, 1.54) is 5.56 Å². The molecule has 2 N–H and O–H groups in total. The highest BCUT2D eigenvalue weighted by Gasteiger charge is 2.35. The number of carbonyl (C=O) groups is 3. The second-order valence-electron chi connectivity index (χ2n) is 8.67. The molecule has 2 fully saturated rings. The van der Waals surface area contributed by atoms with Crippen molar-refractivity contribution in [3.05, 3.63) is 54.1 Å². The fourth-order valence-corrected chi connectivity index (χ4v) is 4.19. The first kappa shape index (κ1) is 23.8. The second kappa shape index (κ2) is 11.2. The number of nitrogens with zero attached hydrogens (tertiary/aromatic N) is 1. The molecule has 2 aliphatic rings. The molecule has 180 valence electrons. The molecule has 2 aliphatic heterocycles. The minimum atomic E-state index is -0.375. The van der Waals surface area contributed by atoms with Crippen LogP contribution in [0.15, 0.2) is 48.5 Å². The maximum atomic E-state index is 12.5. The summed E-state index contributed by atoms with van der Waals surface area (Å²) in [5, 5.41) is 5.72. The van der Waals surface area contributed by atoms with Crippen molar-refractivity contribution >= 4 is 29.1 Å². The van der Waals surface area contributed by atoms with Gasteiger partial charge in [0.1, 0.15) is 5.75 Å². The van der Waals surface area contributed by atoms with Gasteiger partial charge in [-0.25, -0.2) is 0 Å². The fraction of sp³-hybridized carbons (Fsp3) is 0.423. The van der Waals surface area contributed by atoms with Crippen LogP contribution in [0.1, 0.15) is 31.7 Å². The molecule has 2 heterocycles. The lowest BCUT2D eigenvalue weighted by Crippen LogP contribution is -2.37. The van der Waals surface area contributed by atoms with E-state index in [1.807, 2.05) is 24.3 Å². The summed E-state index contributed by atoms with van der Waals surface area (Å²) in [7, 11) is 0. The number of nitrogens with one attached hydrogen (secondary N) is 2. The van der Waals surface area contributed by atoms with E-state index in [-0.39, 0.29) is 42.8 Å². The topological polar surface area (TPSA) is 97.0 Å². The SMILES string of the molecule is CCc1ccc(NC(=O)COc2ccc(N3C[C@H](C(=O)NC[C@@H]4CCCO4)CC3=O)cc2)cc1. The van der Waals surface area contributed by atoms with E-state index in [2.05, 4.69) is 17.6 Å². The number of hydrogen-bond donors (Lipinski definition) is 2. The predicted molar refractivity (Wildman–Crippen MR) is 129 cm³/mol. The molecular formula is C26H31N3O5. The normalized spacial score (nSPS) is 19.8. The van der Waals surface area contributed by atoms with Gasteiger partial charge in [-0.1, -0.05) is 19.1 Å². The number of rotatable bonds is 9. The summed E-state index contributed by atoms with van der Waals surface area (Å²) in [5.41, 5.74) is 2.63. The molecule has 0 spiro atoms. The summed E-state index contributed by atoms with van der Waals surface area (Å²) in [4.78, 5) is 38.8. The zero-order valence-electron chi connectivity index (χ0n) is 19.4. The van der Waals surface area contributed by atoms with Gasteiger partial charge >= 0.3 is 0 Å². The highest BCUT2D eigenvalue weighted by atomic mass is 16.5. The molecule has 2 aromatic rings. The average Bonchev–Trinajstić information content (AvgIpc) is 3.52. The van der Waals surface area contributed by atoms with Crippen molar-refractivity contribution < 1.29 is 23.9 Å². The van der Waals surface area contributed by atoms with Gasteiger partial charge in [0.25, 0.3) is 5.91 Å². The molecule has 0 saturated carbocycles. The van der Waals surface area contributed by atoms with E-state index in [0.29, 0.717) is 24.5 Å². The minimum Gasteiger partial charge on any atom is -0.484 e. The number of carbonyl (C=O) groups excluding carboxylic acids is 3. The molecular weight excluding hydrogens is 434 g/mol. The summed E-state index contributed by atoms with van der Waals surface area (Å²) >= 11 is 0. The first-order valence-corrected chi connectivity index (χ1v) is 11.8. The van der Waals surface area contributed by atoms with Crippen LogP contribution in [0.5, 0.6) is 5.75 Å². The summed E-state index contributed by atoms with van der Waals surface area (Å²) in [5.74, 6) is -0.293. The molecule has 4 rings (SSSR count). The van der Waals surface area contributed by atoms with Crippen molar-refractivity contribution in [3.8, 4) is 5.75 Å². The monoisotopic (exact) mass is 465 g/mol. The Morgan fingerprint density at radius 3 is 2.56 bits per heavy atom. The molecule has 0 aromatic heterocycles. The Hall–Kier alpha value is -3.39. The van der Waals surface area contributed by atoms with Crippen LogP contribution in [0, 0.1) is 5.92 Å². The van der Waals surface area contributed by atoms with Crippen LogP contribution in [0.2, 0.25) is 0 Å². The largest absolute Gasteiger partial charge is 0.484 e. The van der Waals surface area contributed by atoms with Gasteiger partial charge in [-0.3, -0.25) is 14.4 Å². The van der Waals surface area contributed by atoms with Crippen molar-refractivity contribution in [3.63, 3.8) is 0 Å². The maximum Gasteiger partial charge on any atom is 0.262 e. The molecule has 0 bridgehead atoms. The highest BCUT2D eigenvalue weighted by molar-refractivity contribution is 6.00. The van der Waals surface area contributed by atoms with Gasteiger partial charge in [0, 0.05) is 37.5 Å². The third kappa shape index (κ3) is 6.14. The van der Waals surface area contributed by atoms with E-state index in [0.717, 1.165) is 31.6 Å². The predicted octanol–water partition coefficient (Wildman–Crippen LogP) is 2.91. The lowest BCUT2D eigenvalue weighted by atomic mass is 10.1. The number of anilines is 2. The first-order chi connectivity index (χ1) is 16.5. The summed E-state index contributed by atoms with van der Waals surface area (Å²) in [6.07, 6.45) is 3.19. The van der Waals surface area contributed by atoms with Gasteiger partial charge in [0.15, 0.2) is 6.61 Å². The van der Waals surface area contributed by atoms with Crippen LogP contribution in [-0.2, 0) is 25.5 Å². The Bertz CT molecular complexity index is 1000. The average molecular weight is 466 g/mol. The van der Waals surface area contributed by atoms with Crippen molar-refractivity contribution in [2.75, 3.05) is 36.5 Å². The first-order valence-electron chi connectivity index (χ1n) is 11.8. The third-order valence-electron chi connectivity index (χ3n) is 6.19. The second-order valence-corrected chi connectivity index (χ2v) is 8.67. The van der Waals surface area contributed by atoms with Crippen LogP contribution in [0.4, 0.5) is 11.4 Å². The van der Waals surface area contributed by atoms with Crippen LogP contribution in [-0.4, -0.2) is 50.1 Å². The van der Waals surface area contributed by atoms with E-state index in [9.17, 15) is 14.4 Å². The van der Waals surface area contributed by atoms with Crippen LogP contribution in [0.25, 0.3) is 0 Å². The highest BCUT2D eigenvalue weighted by Crippen LogP contribution is 2.27. The molecule has 2 saturated heterocycles. The Morgan fingerprint density at radius 1 is 1.12 bits per heavy atom. The number of aryl methyl sites for hydroxylation is 1. The fourth-order valence-electron chi connectivity index (χ4n) is 4.19. The smallest absolute Gasteiger partial charge is 0.262 e. The zero-order valence-corrected chi connectivity index (χ0v) is 19.4. The standard InChI is InChI=1S/C26H31N3O5/c1-2-18-5-7-20(8-6-18)28-24(30)17-34-22-11-9-21(10-12-22)29-16-19(14-25(29)31)26(32)27-15-23-4-3-13-33-23/h5-12,19,23H,2-4,13-17H2,1H3,(H,27,32)(H,28,30)/t19-,23+/m1/s1. The van der Waals surface area contributed by atoms with Gasteiger partial charge in [-0.05, 0) is 61.2 Å². The molecule has 3 amide bonds. The molecule has 8 nitrogen and oxygen atoms in total. The van der Waals surface area contributed by atoms with Crippen LogP contribution in [0.3, 0.4) is 0 Å². The zero-order chi connectivity index (χ0) is 23.9. The lowest BCUT2D eigenvalue weighted by molar-refractivity contribution is -0.126. The quantitative estimate of drug-likeness (QED) is 0.594. The summed E-state index contributed by atoms with van der Waals surface area (Å²) in [6, 6.07) is 14.7. The van der Waals surface area contributed by atoms with Gasteiger partial charge in [-0.15, -0.1) is 0 Å². The maximum absolute atomic E-state index is 12.5. The number of amides is 3. The molecule has 0 unspecified atom stereocenters. The molecule has 0 aliphatic carbocycles. The lowest BCUT2D eigenvalue weighted by Gasteiger charge is -2.18. The Labute approximate surface area is 199 Å². The molecule has 2 atom stereocenters. The van der Waals surface area contributed by atoms with E-state index >= 15 is 0 Å². The van der Waals surface area contributed by atoms with Gasteiger partial charge in [0.2, 0.25) is 11.8 Å². The summed E-state index contributed by atoms with van der Waals surface area (Å²) < 4.78 is 11.1. The Balaban J connectivity index is 1.24. The van der Waals surface area contributed by atoms with Gasteiger partial charge in [0.05, 0.1) is 12.0 Å². The Kier molecular flexibility index (Phi) is 7.80. The van der Waals surface area contributed by atoms with Crippen molar-refractivity contribution in [1.29, 1.82) is 0 Å². The van der Waals surface area contributed by atoms with Crippen molar-refractivity contribution in [1.82, 2.24) is 5.32 Å². The Morgan fingerprint density at radius 2 is 1.88 bits per heavy atom. The number of ether oxygens (including phenoxy) is 2. The summed E-state index contributed by atoms with van der Waals surface area (Å²) in [6.45, 7) is 3.54.